The number of rotatable bonds is 6. The number of ether oxygens (including phenoxy) is 1. The highest BCUT2D eigenvalue weighted by Gasteiger charge is 2.56. The first-order valence-corrected chi connectivity index (χ1v) is 9.45. The lowest BCUT2D eigenvalue weighted by Gasteiger charge is -2.38. The molecule has 0 aliphatic carbocycles. The molecule has 0 saturated carbocycles. The molecule has 1 spiro atoms. The summed E-state index contributed by atoms with van der Waals surface area (Å²) < 4.78 is 5.20. The number of benzene rings is 1. The van der Waals surface area contributed by atoms with Crippen molar-refractivity contribution in [3.05, 3.63) is 29.8 Å². The molecule has 3 rings (SSSR count). The number of hydrogen-bond acceptors (Lipinski definition) is 4. The molecular weight excluding hydrogens is 330 g/mol. The summed E-state index contributed by atoms with van der Waals surface area (Å²) in [6, 6.07) is 7.76. The minimum absolute atomic E-state index is 0.00701. The first-order valence-electron chi connectivity index (χ1n) is 9.45. The molecule has 0 unspecified atom stereocenters. The van der Waals surface area contributed by atoms with Crippen LogP contribution < -0.4 is 10.1 Å². The molecule has 2 aliphatic heterocycles. The monoisotopic (exact) mass is 359 g/mol. The lowest BCUT2D eigenvalue weighted by molar-refractivity contribution is -0.134. The van der Waals surface area contributed by atoms with Crippen LogP contribution >= 0.6 is 0 Å². The Hall–Kier alpha value is -2.08. The van der Waals surface area contributed by atoms with Gasteiger partial charge in [-0.15, -0.1) is 0 Å². The van der Waals surface area contributed by atoms with Gasteiger partial charge in [0.1, 0.15) is 11.3 Å². The molecule has 1 aromatic carbocycles. The first-order chi connectivity index (χ1) is 12.5. The predicted molar refractivity (Wildman–Crippen MR) is 100 cm³/mol. The lowest BCUT2D eigenvalue weighted by atomic mass is 9.86. The molecule has 0 bridgehead atoms. The second-order valence-electron chi connectivity index (χ2n) is 7.62. The van der Waals surface area contributed by atoms with E-state index in [-0.39, 0.29) is 17.9 Å². The highest BCUT2D eigenvalue weighted by Crippen LogP contribution is 2.36. The van der Waals surface area contributed by atoms with Crippen LogP contribution in [0.3, 0.4) is 0 Å². The topological polar surface area (TPSA) is 61.9 Å². The van der Waals surface area contributed by atoms with E-state index in [2.05, 4.69) is 5.32 Å². The maximum atomic E-state index is 13.2. The van der Waals surface area contributed by atoms with Crippen molar-refractivity contribution in [3.63, 3.8) is 0 Å². The number of imide groups is 1. The van der Waals surface area contributed by atoms with Gasteiger partial charge in [0, 0.05) is 13.1 Å². The molecule has 0 radical (unpaired) electrons. The summed E-state index contributed by atoms with van der Waals surface area (Å²) >= 11 is 0. The van der Waals surface area contributed by atoms with Crippen molar-refractivity contribution in [2.45, 2.75) is 38.6 Å². The molecule has 26 heavy (non-hydrogen) atoms. The van der Waals surface area contributed by atoms with Gasteiger partial charge in [0.05, 0.1) is 7.11 Å². The zero-order valence-electron chi connectivity index (χ0n) is 16.0. The molecule has 3 amide bonds. The fraction of sp³-hybridized carbons (Fsp3) is 0.600. The van der Waals surface area contributed by atoms with E-state index in [4.69, 9.17) is 4.74 Å². The second-order valence-corrected chi connectivity index (χ2v) is 7.62. The van der Waals surface area contributed by atoms with Gasteiger partial charge >= 0.3 is 6.03 Å². The maximum Gasteiger partial charge on any atom is 0.327 e. The van der Waals surface area contributed by atoms with Crippen molar-refractivity contribution >= 4 is 11.9 Å². The fourth-order valence-electron chi connectivity index (χ4n) is 3.98. The maximum absolute atomic E-state index is 13.2. The summed E-state index contributed by atoms with van der Waals surface area (Å²) in [6.07, 6.45) is 2.11. The molecule has 2 aliphatic rings. The number of nitrogens with zero attached hydrogens (tertiary/aromatic N) is 2. The van der Waals surface area contributed by atoms with Crippen LogP contribution in [0.15, 0.2) is 24.3 Å². The van der Waals surface area contributed by atoms with Gasteiger partial charge in [0.15, 0.2) is 0 Å². The van der Waals surface area contributed by atoms with Gasteiger partial charge in [-0.25, -0.2) is 4.79 Å². The summed E-state index contributed by atoms with van der Waals surface area (Å²) in [5.41, 5.74) is 0.474. The standard InChI is InChI=1S/C20H29N3O3/c1-15(2)14-22-18(24)20(9-11-21-12-10-20)23(19(22)25)13-8-16-4-6-17(26-3)7-5-16/h4-7,15,21H,8-14H2,1-3H3. The molecule has 2 fully saturated rings. The number of piperidine rings is 1. The molecule has 6 nitrogen and oxygen atoms in total. The third-order valence-electron chi connectivity index (χ3n) is 5.38. The highest BCUT2D eigenvalue weighted by molar-refractivity contribution is 6.07. The van der Waals surface area contributed by atoms with Gasteiger partial charge in [-0.2, -0.15) is 0 Å². The van der Waals surface area contributed by atoms with E-state index in [9.17, 15) is 9.59 Å². The van der Waals surface area contributed by atoms with Crippen molar-refractivity contribution in [3.8, 4) is 5.75 Å². The van der Waals surface area contributed by atoms with Crippen LogP contribution in [-0.2, 0) is 11.2 Å². The van der Waals surface area contributed by atoms with Crippen molar-refractivity contribution in [2.75, 3.05) is 33.3 Å². The Bertz CT molecular complexity index is 651. The van der Waals surface area contributed by atoms with Crippen molar-refractivity contribution < 1.29 is 14.3 Å². The summed E-state index contributed by atoms with van der Waals surface area (Å²) in [5, 5.41) is 3.31. The van der Waals surface area contributed by atoms with E-state index >= 15 is 0 Å². The molecular formula is C20H29N3O3. The normalized spacial score (nSPS) is 19.7. The molecule has 2 heterocycles. The Morgan fingerprint density at radius 3 is 2.38 bits per heavy atom. The quantitative estimate of drug-likeness (QED) is 0.792. The Morgan fingerprint density at radius 2 is 1.81 bits per heavy atom. The Balaban J connectivity index is 1.79. The van der Waals surface area contributed by atoms with Crippen molar-refractivity contribution in [1.29, 1.82) is 0 Å². The zero-order valence-corrected chi connectivity index (χ0v) is 16.0. The minimum atomic E-state index is -0.663. The van der Waals surface area contributed by atoms with Crippen LogP contribution in [0.1, 0.15) is 32.3 Å². The number of carbonyl (C=O) groups is 2. The molecule has 1 aromatic rings. The van der Waals surface area contributed by atoms with Gasteiger partial charge in [0.25, 0.3) is 5.91 Å². The largest absolute Gasteiger partial charge is 0.497 e. The van der Waals surface area contributed by atoms with Crippen LogP contribution in [0.4, 0.5) is 4.79 Å². The number of nitrogens with one attached hydrogen (secondary N) is 1. The zero-order chi connectivity index (χ0) is 18.7. The van der Waals surface area contributed by atoms with E-state index < -0.39 is 5.54 Å². The van der Waals surface area contributed by atoms with Crippen LogP contribution in [0.25, 0.3) is 0 Å². The molecule has 0 aromatic heterocycles. The third kappa shape index (κ3) is 3.43. The van der Waals surface area contributed by atoms with E-state index in [1.807, 2.05) is 43.0 Å². The van der Waals surface area contributed by atoms with E-state index in [1.54, 1.807) is 7.11 Å². The highest BCUT2D eigenvalue weighted by atomic mass is 16.5. The average molecular weight is 359 g/mol. The number of urea groups is 1. The van der Waals surface area contributed by atoms with Gasteiger partial charge in [0.2, 0.25) is 0 Å². The molecule has 1 N–H and O–H groups in total. The van der Waals surface area contributed by atoms with Crippen molar-refractivity contribution in [1.82, 2.24) is 15.1 Å². The molecule has 0 atom stereocenters. The number of methoxy groups -OCH3 is 1. The van der Waals surface area contributed by atoms with Crippen LogP contribution in [0.2, 0.25) is 0 Å². The SMILES string of the molecule is COc1ccc(CCN2C(=O)N(CC(C)C)C(=O)C23CCNCC3)cc1. The Labute approximate surface area is 155 Å². The number of hydrogen-bond donors (Lipinski definition) is 1. The van der Waals surface area contributed by atoms with Gasteiger partial charge in [-0.3, -0.25) is 9.69 Å². The lowest BCUT2D eigenvalue weighted by Crippen LogP contribution is -2.56. The number of amides is 3. The molecule has 2 saturated heterocycles. The summed E-state index contributed by atoms with van der Waals surface area (Å²) in [5.74, 6) is 1.08. The van der Waals surface area contributed by atoms with E-state index in [0.29, 0.717) is 25.9 Å². The molecule has 6 heteroatoms. The van der Waals surface area contributed by atoms with Gasteiger partial charge < -0.3 is 15.0 Å². The number of carbonyl (C=O) groups excluding carboxylic acids is 2. The Morgan fingerprint density at radius 1 is 1.15 bits per heavy atom. The van der Waals surface area contributed by atoms with Gasteiger partial charge in [-0.1, -0.05) is 26.0 Å². The third-order valence-corrected chi connectivity index (χ3v) is 5.38. The summed E-state index contributed by atoms with van der Waals surface area (Å²) in [4.78, 5) is 29.5. The average Bonchev–Trinajstić information content (AvgIpc) is 2.82. The summed E-state index contributed by atoms with van der Waals surface area (Å²) in [6.45, 7) is 6.67. The smallest absolute Gasteiger partial charge is 0.327 e. The van der Waals surface area contributed by atoms with Gasteiger partial charge in [-0.05, 0) is 56.0 Å². The fourth-order valence-corrected chi connectivity index (χ4v) is 3.98. The van der Waals surface area contributed by atoms with Crippen LogP contribution in [0.5, 0.6) is 5.75 Å². The molecule has 142 valence electrons. The predicted octanol–water partition coefficient (Wildman–Crippen LogP) is 2.28. The minimum Gasteiger partial charge on any atom is -0.497 e. The van der Waals surface area contributed by atoms with Crippen LogP contribution in [0, 0.1) is 5.92 Å². The summed E-state index contributed by atoms with van der Waals surface area (Å²) in [7, 11) is 1.65. The van der Waals surface area contributed by atoms with Crippen LogP contribution in [-0.4, -0.2) is 60.6 Å². The van der Waals surface area contributed by atoms with E-state index in [0.717, 1.165) is 30.8 Å². The van der Waals surface area contributed by atoms with Crippen molar-refractivity contribution in [2.24, 2.45) is 5.92 Å². The second kappa shape index (κ2) is 7.66. The van der Waals surface area contributed by atoms with E-state index in [1.165, 1.54) is 4.90 Å². The Kier molecular flexibility index (Phi) is 5.51. The first kappa shape index (κ1) is 18.7.